The summed E-state index contributed by atoms with van der Waals surface area (Å²) in [6.07, 6.45) is 5.24. The summed E-state index contributed by atoms with van der Waals surface area (Å²) < 4.78 is 0.592. The van der Waals surface area contributed by atoms with Crippen LogP contribution in [0.4, 0.5) is 11.4 Å². The summed E-state index contributed by atoms with van der Waals surface area (Å²) >= 11 is 0. The molecular weight excluding hydrogens is 208 g/mol. The number of hydrogen-bond donors (Lipinski definition) is 1. The molecule has 1 aromatic rings. The Morgan fingerprint density at radius 3 is 2.69 bits per heavy atom. The molecule has 6 heteroatoms. The summed E-state index contributed by atoms with van der Waals surface area (Å²) in [5.41, 5.74) is 4.16. The Labute approximate surface area is 93.6 Å². The Morgan fingerprint density at radius 2 is 2.12 bits per heavy atom. The predicted octanol–water partition coefficient (Wildman–Crippen LogP) is 1.23. The fourth-order valence-electron chi connectivity index (χ4n) is 2.24. The van der Waals surface area contributed by atoms with Crippen molar-refractivity contribution in [2.45, 2.75) is 12.8 Å². The predicted molar refractivity (Wildman–Crippen MR) is 60.7 cm³/mol. The molecule has 2 rings (SSSR count). The van der Waals surface area contributed by atoms with Crippen LogP contribution in [0.25, 0.3) is 0 Å². The van der Waals surface area contributed by atoms with Crippen molar-refractivity contribution in [1.82, 2.24) is 15.0 Å². The number of nitrogens with zero attached hydrogens (tertiary/aromatic N) is 3. The van der Waals surface area contributed by atoms with Crippen molar-refractivity contribution in [3.63, 3.8) is 0 Å². The molecule has 0 aliphatic carbocycles. The number of nitro groups is 1. The molecule has 0 saturated carbocycles. The van der Waals surface area contributed by atoms with E-state index in [0.29, 0.717) is 4.59 Å². The van der Waals surface area contributed by atoms with Crippen molar-refractivity contribution >= 4 is 11.4 Å². The normalized spacial score (nSPS) is 18.6. The molecule has 0 amide bonds. The second-order valence-corrected chi connectivity index (χ2v) is 4.00. The van der Waals surface area contributed by atoms with Crippen molar-refractivity contribution in [3.8, 4) is 0 Å². The molecule has 0 bridgehead atoms. The monoisotopic (exact) mass is 223 g/mol. The molecule has 1 N–H and O–H groups in total. The van der Waals surface area contributed by atoms with E-state index in [0.717, 1.165) is 31.6 Å². The van der Waals surface area contributed by atoms with Crippen LogP contribution in [0.3, 0.4) is 0 Å². The zero-order chi connectivity index (χ0) is 11.6. The van der Waals surface area contributed by atoms with Crippen LogP contribution in [0.5, 0.6) is 0 Å². The molecule has 1 aromatic heterocycles. The van der Waals surface area contributed by atoms with Gasteiger partial charge < -0.3 is 0 Å². The summed E-state index contributed by atoms with van der Waals surface area (Å²) in [6.45, 7) is 1.92. The lowest BCUT2D eigenvalue weighted by Gasteiger charge is -2.30. The van der Waals surface area contributed by atoms with Gasteiger partial charge in [-0.2, -0.15) is 5.43 Å². The van der Waals surface area contributed by atoms with E-state index in [1.54, 1.807) is 12.3 Å². The summed E-state index contributed by atoms with van der Waals surface area (Å²) in [5.74, 6) is 0. The minimum atomic E-state index is -0.404. The second kappa shape index (κ2) is 4.15. The molecule has 6 nitrogen and oxygen atoms in total. The first-order chi connectivity index (χ1) is 7.68. The van der Waals surface area contributed by atoms with E-state index in [1.807, 2.05) is 7.05 Å². The van der Waals surface area contributed by atoms with Crippen LogP contribution in [0.15, 0.2) is 18.5 Å². The minimum absolute atomic E-state index is 0.0529. The second-order valence-electron chi connectivity index (χ2n) is 4.00. The number of aromatic nitrogens is 1. The van der Waals surface area contributed by atoms with Gasteiger partial charge in [-0.1, -0.05) is 0 Å². The number of quaternary nitrogens is 1. The van der Waals surface area contributed by atoms with Crippen LogP contribution in [-0.2, 0) is 0 Å². The van der Waals surface area contributed by atoms with Gasteiger partial charge >= 0.3 is 0 Å². The molecule has 16 heavy (non-hydrogen) atoms. The Kier molecular flexibility index (Phi) is 2.84. The summed E-state index contributed by atoms with van der Waals surface area (Å²) in [7, 11) is 1.88. The first kappa shape index (κ1) is 11.0. The van der Waals surface area contributed by atoms with Gasteiger partial charge in [0.15, 0.2) is 5.69 Å². The fourth-order valence-corrected chi connectivity index (χ4v) is 2.24. The highest BCUT2D eigenvalue weighted by Crippen LogP contribution is 2.28. The van der Waals surface area contributed by atoms with Crippen molar-refractivity contribution in [2.75, 3.05) is 20.1 Å². The minimum Gasteiger partial charge on any atom is -0.258 e. The lowest BCUT2D eigenvalue weighted by Crippen LogP contribution is -2.55. The topological polar surface area (TPSA) is 68.1 Å². The molecule has 86 valence electrons. The van der Waals surface area contributed by atoms with Crippen molar-refractivity contribution in [1.29, 1.82) is 0 Å². The lowest BCUT2D eigenvalue weighted by molar-refractivity contribution is -0.385. The van der Waals surface area contributed by atoms with Gasteiger partial charge in [0.05, 0.1) is 17.2 Å². The molecule has 0 aromatic carbocycles. The molecule has 0 atom stereocenters. The number of pyridine rings is 1. The lowest BCUT2D eigenvalue weighted by atomic mass is 10.3. The first-order valence-electron chi connectivity index (χ1n) is 5.34. The Balaban J connectivity index is 2.38. The zero-order valence-corrected chi connectivity index (χ0v) is 9.22. The van der Waals surface area contributed by atoms with Gasteiger partial charge in [-0.3, -0.25) is 15.1 Å². The van der Waals surface area contributed by atoms with Crippen molar-refractivity contribution in [2.24, 2.45) is 0 Å². The maximum atomic E-state index is 10.7. The number of rotatable bonds is 3. The Hall–Kier alpha value is -1.53. The van der Waals surface area contributed by atoms with Crippen LogP contribution in [0.1, 0.15) is 12.8 Å². The highest BCUT2D eigenvalue weighted by Gasteiger charge is 2.35. The van der Waals surface area contributed by atoms with E-state index < -0.39 is 4.92 Å². The van der Waals surface area contributed by atoms with E-state index in [-0.39, 0.29) is 5.69 Å². The van der Waals surface area contributed by atoms with Gasteiger partial charge in [-0.15, -0.1) is 0 Å². The van der Waals surface area contributed by atoms with Crippen LogP contribution < -0.4 is 10.0 Å². The van der Waals surface area contributed by atoms with Gasteiger partial charge in [0, 0.05) is 19.9 Å². The van der Waals surface area contributed by atoms with Gasteiger partial charge in [0.25, 0.3) is 5.69 Å². The SMILES string of the molecule is CN[N+]1(c2cncc([N+](=O)[O-])c2)CCCC1. The molecule has 0 radical (unpaired) electrons. The summed E-state index contributed by atoms with van der Waals surface area (Å²) in [6, 6.07) is 1.61. The summed E-state index contributed by atoms with van der Waals surface area (Å²) in [5, 5.41) is 10.7. The van der Waals surface area contributed by atoms with E-state index in [9.17, 15) is 10.1 Å². The number of nitrogens with one attached hydrogen (secondary N) is 1. The molecule has 1 fully saturated rings. The van der Waals surface area contributed by atoms with E-state index in [2.05, 4.69) is 10.4 Å². The van der Waals surface area contributed by atoms with E-state index >= 15 is 0 Å². The fraction of sp³-hybridized carbons (Fsp3) is 0.500. The maximum absolute atomic E-state index is 10.7. The average molecular weight is 223 g/mol. The van der Waals surface area contributed by atoms with Gasteiger partial charge in [-0.25, -0.2) is 4.59 Å². The van der Waals surface area contributed by atoms with Gasteiger partial charge in [0.1, 0.15) is 19.3 Å². The third-order valence-electron chi connectivity index (χ3n) is 3.17. The van der Waals surface area contributed by atoms with E-state index in [4.69, 9.17) is 0 Å². The molecular formula is C10H15N4O2+. The Bertz CT molecular complexity index is 402. The van der Waals surface area contributed by atoms with Crippen LogP contribution in [0, 0.1) is 10.1 Å². The third-order valence-corrected chi connectivity index (χ3v) is 3.17. The maximum Gasteiger partial charge on any atom is 0.293 e. The molecule has 1 aliphatic rings. The van der Waals surface area contributed by atoms with Crippen molar-refractivity contribution < 1.29 is 4.92 Å². The highest BCUT2D eigenvalue weighted by molar-refractivity contribution is 5.47. The van der Waals surface area contributed by atoms with E-state index in [1.165, 1.54) is 6.20 Å². The zero-order valence-electron chi connectivity index (χ0n) is 9.22. The third kappa shape index (κ3) is 1.77. The molecule has 0 spiro atoms. The standard InChI is InChI=1S/C10H15N4O2/c1-11-14(4-2-3-5-14)10-6-9(13(15)16)7-12-8-10/h6-8,11H,2-5H2,1H3/q+1. The molecule has 0 unspecified atom stereocenters. The van der Waals surface area contributed by atoms with Gasteiger partial charge in [0.2, 0.25) is 0 Å². The number of hydrogen-bond acceptors (Lipinski definition) is 4. The molecule has 2 heterocycles. The van der Waals surface area contributed by atoms with Crippen LogP contribution >= 0.6 is 0 Å². The van der Waals surface area contributed by atoms with Gasteiger partial charge in [-0.05, 0) is 0 Å². The molecule has 1 aliphatic heterocycles. The quantitative estimate of drug-likeness (QED) is 0.475. The average Bonchev–Trinajstić information content (AvgIpc) is 2.79. The molecule has 1 saturated heterocycles. The Morgan fingerprint density at radius 1 is 1.44 bits per heavy atom. The first-order valence-corrected chi connectivity index (χ1v) is 5.34. The van der Waals surface area contributed by atoms with Crippen molar-refractivity contribution in [3.05, 3.63) is 28.6 Å². The van der Waals surface area contributed by atoms with Crippen LogP contribution in [0.2, 0.25) is 0 Å². The smallest absolute Gasteiger partial charge is 0.258 e. The van der Waals surface area contributed by atoms with Crippen LogP contribution in [-0.4, -0.2) is 30.0 Å². The largest absolute Gasteiger partial charge is 0.293 e. The summed E-state index contributed by atoms with van der Waals surface area (Å²) in [4.78, 5) is 14.2. The highest BCUT2D eigenvalue weighted by atomic mass is 16.6.